The zero-order valence-corrected chi connectivity index (χ0v) is 19.2. The summed E-state index contributed by atoms with van der Waals surface area (Å²) in [5.74, 6) is -0.411. The Bertz CT molecular complexity index is 929. The number of morpholine rings is 1. The van der Waals surface area contributed by atoms with Gasteiger partial charge in [-0.3, -0.25) is 14.5 Å². The van der Waals surface area contributed by atoms with Gasteiger partial charge in [0.2, 0.25) is 0 Å². The molecule has 0 bridgehead atoms. The number of nitrogens with zero attached hydrogens (tertiary/aromatic N) is 1. The fourth-order valence-electron chi connectivity index (χ4n) is 3.58. The molecule has 0 aliphatic carbocycles. The first-order valence-electron chi connectivity index (χ1n) is 11.1. The van der Waals surface area contributed by atoms with Gasteiger partial charge < -0.3 is 21.1 Å². The average Bonchev–Trinajstić information content (AvgIpc) is 2.78. The number of amides is 2. The summed E-state index contributed by atoms with van der Waals surface area (Å²) in [5.41, 5.74) is 9.35. The van der Waals surface area contributed by atoms with Crippen LogP contribution in [0, 0.1) is 0 Å². The number of carbonyl (C=O) groups is 2. The minimum atomic E-state index is -0.210. The maximum Gasteiger partial charge on any atom is 0.255 e. The topological polar surface area (TPSA) is 96.7 Å². The van der Waals surface area contributed by atoms with Crippen molar-refractivity contribution in [2.45, 2.75) is 32.7 Å². The van der Waals surface area contributed by atoms with E-state index in [1.807, 2.05) is 30.3 Å². The van der Waals surface area contributed by atoms with E-state index in [1.165, 1.54) is 5.56 Å². The number of benzene rings is 2. The summed E-state index contributed by atoms with van der Waals surface area (Å²) in [6, 6.07) is 13.1. The van der Waals surface area contributed by atoms with E-state index >= 15 is 0 Å². The molecule has 0 radical (unpaired) electrons. The van der Waals surface area contributed by atoms with Crippen molar-refractivity contribution in [2.75, 3.05) is 44.7 Å². The summed E-state index contributed by atoms with van der Waals surface area (Å²) in [6.45, 7) is 10.9. The van der Waals surface area contributed by atoms with Gasteiger partial charge in [-0.15, -0.1) is 0 Å². The number of anilines is 1. The Morgan fingerprint density at radius 2 is 1.66 bits per heavy atom. The van der Waals surface area contributed by atoms with Gasteiger partial charge >= 0.3 is 0 Å². The molecule has 0 aromatic heterocycles. The smallest absolute Gasteiger partial charge is 0.255 e. The highest BCUT2D eigenvalue weighted by molar-refractivity contribution is 6.05. The standard InChI is InChI=1S/C25H34N4O3/c1-25(2,3)21-8-6-18(7-9-21)24(31)28-22-16-19(23(30)27-11-10-26)4-5-20(22)17-29-12-14-32-15-13-29/h4-9,16H,10-15,17,26H2,1-3H3,(H,27,30)(H,28,31). The van der Waals surface area contributed by atoms with Crippen LogP contribution in [0.25, 0.3) is 0 Å². The van der Waals surface area contributed by atoms with Gasteiger partial charge in [0.15, 0.2) is 0 Å². The van der Waals surface area contributed by atoms with Crippen LogP contribution in [0.1, 0.15) is 52.6 Å². The minimum absolute atomic E-state index is 0.0194. The lowest BCUT2D eigenvalue weighted by atomic mass is 9.86. The summed E-state index contributed by atoms with van der Waals surface area (Å²) < 4.78 is 5.44. The number of nitrogens with two attached hydrogens (primary N) is 1. The molecule has 7 nitrogen and oxygen atoms in total. The molecule has 32 heavy (non-hydrogen) atoms. The van der Waals surface area contributed by atoms with Crippen molar-refractivity contribution in [1.82, 2.24) is 10.2 Å². The third-order valence-electron chi connectivity index (χ3n) is 5.56. The molecule has 0 unspecified atom stereocenters. The molecule has 2 amide bonds. The molecule has 3 rings (SSSR count). The Hall–Kier alpha value is -2.74. The normalized spacial score (nSPS) is 14.8. The van der Waals surface area contributed by atoms with Crippen molar-refractivity contribution in [3.63, 3.8) is 0 Å². The van der Waals surface area contributed by atoms with Gasteiger partial charge in [-0.2, -0.15) is 0 Å². The molecular formula is C25H34N4O3. The second-order valence-electron chi connectivity index (χ2n) is 9.09. The molecule has 4 N–H and O–H groups in total. The number of carbonyl (C=O) groups excluding carboxylic acids is 2. The van der Waals surface area contributed by atoms with Crippen molar-refractivity contribution < 1.29 is 14.3 Å². The first kappa shape index (κ1) is 23.9. The van der Waals surface area contributed by atoms with E-state index in [2.05, 4.69) is 36.3 Å². The third-order valence-corrected chi connectivity index (χ3v) is 5.56. The van der Waals surface area contributed by atoms with E-state index in [9.17, 15) is 9.59 Å². The average molecular weight is 439 g/mol. The van der Waals surface area contributed by atoms with Crippen molar-refractivity contribution in [2.24, 2.45) is 5.73 Å². The van der Waals surface area contributed by atoms with Crippen LogP contribution in [0.2, 0.25) is 0 Å². The largest absolute Gasteiger partial charge is 0.379 e. The molecule has 2 aromatic carbocycles. The molecule has 1 aliphatic heterocycles. The molecule has 172 valence electrons. The highest BCUT2D eigenvalue weighted by Crippen LogP contribution is 2.24. The maximum absolute atomic E-state index is 13.0. The van der Waals surface area contributed by atoms with Crippen LogP contribution >= 0.6 is 0 Å². The molecule has 1 heterocycles. The van der Waals surface area contributed by atoms with Crippen LogP contribution in [-0.2, 0) is 16.7 Å². The summed E-state index contributed by atoms with van der Waals surface area (Å²) in [7, 11) is 0. The van der Waals surface area contributed by atoms with Crippen LogP contribution in [0.5, 0.6) is 0 Å². The lowest BCUT2D eigenvalue weighted by Gasteiger charge is -2.27. The first-order valence-corrected chi connectivity index (χ1v) is 11.1. The monoisotopic (exact) mass is 438 g/mol. The van der Waals surface area contributed by atoms with E-state index in [4.69, 9.17) is 10.5 Å². The Morgan fingerprint density at radius 1 is 1.00 bits per heavy atom. The van der Waals surface area contributed by atoms with Gasteiger partial charge in [0.1, 0.15) is 0 Å². The number of nitrogens with one attached hydrogen (secondary N) is 2. The predicted octanol–water partition coefficient (Wildman–Crippen LogP) is 2.76. The zero-order valence-electron chi connectivity index (χ0n) is 19.2. The Balaban J connectivity index is 1.83. The van der Waals surface area contributed by atoms with E-state index in [1.54, 1.807) is 12.1 Å². The summed E-state index contributed by atoms with van der Waals surface area (Å²) in [6.07, 6.45) is 0. The minimum Gasteiger partial charge on any atom is -0.379 e. The van der Waals surface area contributed by atoms with Crippen LogP contribution in [-0.4, -0.2) is 56.1 Å². The van der Waals surface area contributed by atoms with Gasteiger partial charge in [0.05, 0.1) is 13.2 Å². The molecule has 0 saturated carbocycles. The molecule has 1 saturated heterocycles. The van der Waals surface area contributed by atoms with Gasteiger partial charge in [-0.25, -0.2) is 0 Å². The van der Waals surface area contributed by atoms with Gasteiger partial charge in [0.25, 0.3) is 11.8 Å². The molecular weight excluding hydrogens is 404 g/mol. The number of hydrogen-bond acceptors (Lipinski definition) is 5. The second kappa shape index (κ2) is 10.7. The van der Waals surface area contributed by atoms with E-state index in [0.717, 1.165) is 18.7 Å². The third kappa shape index (κ3) is 6.38. The first-order chi connectivity index (χ1) is 15.3. The molecule has 2 aromatic rings. The van der Waals surface area contributed by atoms with E-state index in [-0.39, 0.29) is 17.2 Å². The highest BCUT2D eigenvalue weighted by atomic mass is 16.5. The molecule has 1 fully saturated rings. The predicted molar refractivity (Wildman–Crippen MR) is 127 cm³/mol. The van der Waals surface area contributed by atoms with Crippen LogP contribution < -0.4 is 16.4 Å². The number of hydrogen-bond donors (Lipinski definition) is 3. The van der Waals surface area contributed by atoms with Gasteiger partial charge in [0, 0.05) is 49.5 Å². The SMILES string of the molecule is CC(C)(C)c1ccc(C(=O)Nc2cc(C(=O)NCCN)ccc2CN2CCOCC2)cc1. The summed E-state index contributed by atoms with van der Waals surface area (Å²) >= 11 is 0. The Morgan fingerprint density at radius 3 is 2.28 bits per heavy atom. The molecule has 7 heteroatoms. The number of rotatable bonds is 7. The number of ether oxygens (including phenoxy) is 1. The quantitative estimate of drug-likeness (QED) is 0.618. The summed E-state index contributed by atoms with van der Waals surface area (Å²) in [5, 5.41) is 5.80. The highest BCUT2D eigenvalue weighted by Gasteiger charge is 2.18. The lowest BCUT2D eigenvalue weighted by Crippen LogP contribution is -2.36. The van der Waals surface area contributed by atoms with Crippen molar-refractivity contribution in [3.8, 4) is 0 Å². The van der Waals surface area contributed by atoms with Crippen LogP contribution in [0.4, 0.5) is 5.69 Å². The van der Waals surface area contributed by atoms with E-state index in [0.29, 0.717) is 49.7 Å². The van der Waals surface area contributed by atoms with Gasteiger partial charge in [-0.05, 0) is 40.8 Å². The van der Waals surface area contributed by atoms with Crippen LogP contribution in [0.15, 0.2) is 42.5 Å². The fourth-order valence-corrected chi connectivity index (χ4v) is 3.58. The van der Waals surface area contributed by atoms with Crippen molar-refractivity contribution >= 4 is 17.5 Å². The molecule has 0 spiro atoms. The lowest BCUT2D eigenvalue weighted by molar-refractivity contribution is 0.0342. The molecule has 1 aliphatic rings. The second-order valence-corrected chi connectivity index (χ2v) is 9.09. The molecule has 0 atom stereocenters. The van der Waals surface area contributed by atoms with E-state index < -0.39 is 0 Å². The fraction of sp³-hybridized carbons (Fsp3) is 0.440. The Kier molecular flexibility index (Phi) is 8.01. The van der Waals surface area contributed by atoms with Crippen molar-refractivity contribution in [3.05, 3.63) is 64.7 Å². The van der Waals surface area contributed by atoms with Crippen LogP contribution in [0.3, 0.4) is 0 Å². The summed E-state index contributed by atoms with van der Waals surface area (Å²) in [4.78, 5) is 27.7. The van der Waals surface area contributed by atoms with Crippen molar-refractivity contribution in [1.29, 1.82) is 0 Å². The zero-order chi connectivity index (χ0) is 23.1. The Labute approximate surface area is 190 Å². The maximum atomic E-state index is 13.0. The van der Waals surface area contributed by atoms with Gasteiger partial charge in [-0.1, -0.05) is 39.0 Å².